The molecule has 0 aromatic rings. The summed E-state index contributed by atoms with van der Waals surface area (Å²) in [4.78, 5) is 0. The number of hydrogen-bond donors (Lipinski definition) is 3. The molecule has 2 aliphatic rings. The van der Waals surface area contributed by atoms with Gasteiger partial charge < -0.3 is 15.3 Å². The van der Waals surface area contributed by atoms with Crippen molar-refractivity contribution in [3.63, 3.8) is 0 Å². The van der Waals surface area contributed by atoms with E-state index in [-0.39, 0.29) is 23.7 Å². The molecule has 0 heterocycles. The highest BCUT2D eigenvalue weighted by Crippen LogP contribution is 2.47. The maximum absolute atomic E-state index is 11.0. The van der Waals surface area contributed by atoms with Gasteiger partial charge in [0, 0.05) is 5.92 Å². The summed E-state index contributed by atoms with van der Waals surface area (Å²) in [6, 6.07) is 0. The first-order valence-electron chi connectivity index (χ1n) is 8.73. The lowest BCUT2D eigenvalue weighted by Crippen LogP contribution is -2.34. The van der Waals surface area contributed by atoms with E-state index >= 15 is 0 Å². The Morgan fingerprint density at radius 3 is 2.65 bits per heavy atom. The van der Waals surface area contributed by atoms with Gasteiger partial charge in [-0.1, -0.05) is 37.3 Å². The van der Waals surface area contributed by atoms with Gasteiger partial charge >= 0.3 is 0 Å². The van der Waals surface area contributed by atoms with Gasteiger partial charge in [-0.2, -0.15) is 0 Å². The summed E-state index contributed by atoms with van der Waals surface area (Å²) in [5, 5.41) is 31.3. The summed E-state index contributed by atoms with van der Waals surface area (Å²) in [5.74, 6) is 0.525. The molecule has 0 amide bonds. The minimum absolute atomic E-state index is 0.0321. The van der Waals surface area contributed by atoms with Crippen molar-refractivity contribution in [2.75, 3.05) is 0 Å². The van der Waals surface area contributed by atoms with Gasteiger partial charge in [-0.3, -0.25) is 0 Å². The number of hydrogen-bond acceptors (Lipinski definition) is 3. The van der Waals surface area contributed by atoms with Crippen LogP contribution in [0.4, 0.5) is 0 Å². The fourth-order valence-electron chi connectivity index (χ4n) is 4.18. The third-order valence-corrected chi connectivity index (χ3v) is 5.62. The first kappa shape index (κ1) is 18.4. The number of allylic oxidation sites excluding steroid dienone is 2. The Balaban J connectivity index is 2.15. The van der Waals surface area contributed by atoms with Crippen molar-refractivity contribution in [1.29, 1.82) is 0 Å². The second-order valence-corrected chi connectivity index (χ2v) is 8.07. The Labute approximate surface area is 140 Å². The quantitative estimate of drug-likeness (QED) is 0.697. The molecule has 2 rings (SSSR count). The summed E-state index contributed by atoms with van der Waals surface area (Å²) < 4.78 is 0. The number of rotatable bonds is 4. The van der Waals surface area contributed by atoms with Crippen LogP contribution >= 0.6 is 0 Å². The molecule has 0 aromatic carbocycles. The van der Waals surface area contributed by atoms with E-state index in [4.69, 9.17) is 0 Å². The van der Waals surface area contributed by atoms with Crippen molar-refractivity contribution in [3.8, 4) is 0 Å². The molecule has 23 heavy (non-hydrogen) atoms. The topological polar surface area (TPSA) is 60.7 Å². The third kappa shape index (κ3) is 4.14. The van der Waals surface area contributed by atoms with Crippen LogP contribution < -0.4 is 0 Å². The van der Waals surface area contributed by atoms with Crippen molar-refractivity contribution >= 4 is 0 Å². The highest BCUT2D eigenvalue weighted by atomic mass is 16.3. The van der Waals surface area contributed by atoms with E-state index in [1.807, 2.05) is 6.08 Å². The molecule has 0 bridgehead atoms. The van der Waals surface area contributed by atoms with Crippen LogP contribution in [0.25, 0.3) is 0 Å². The Hall–Kier alpha value is -0.900. The summed E-state index contributed by atoms with van der Waals surface area (Å²) in [7, 11) is 0. The van der Waals surface area contributed by atoms with E-state index < -0.39 is 17.8 Å². The van der Waals surface area contributed by atoms with Gasteiger partial charge in [0.1, 0.15) is 0 Å². The lowest BCUT2D eigenvalue weighted by atomic mass is 9.76. The van der Waals surface area contributed by atoms with Gasteiger partial charge in [0.05, 0.1) is 17.8 Å². The molecule has 1 fully saturated rings. The van der Waals surface area contributed by atoms with Gasteiger partial charge in [-0.15, -0.1) is 0 Å². The predicted octanol–water partition coefficient (Wildman–Crippen LogP) is 3.22. The maximum Gasteiger partial charge on any atom is 0.0771 e. The Morgan fingerprint density at radius 1 is 1.39 bits per heavy atom. The predicted molar refractivity (Wildman–Crippen MR) is 93.8 cm³/mol. The van der Waals surface area contributed by atoms with E-state index in [0.717, 1.165) is 18.4 Å². The lowest BCUT2D eigenvalue weighted by molar-refractivity contribution is 0.0241. The normalized spacial score (nSPS) is 36.7. The summed E-state index contributed by atoms with van der Waals surface area (Å²) in [6.45, 7) is 11.8. The molecule has 6 unspecified atom stereocenters. The molecule has 6 atom stereocenters. The van der Waals surface area contributed by atoms with E-state index in [1.165, 1.54) is 5.57 Å². The zero-order valence-electron chi connectivity index (χ0n) is 14.9. The molecule has 0 radical (unpaired) electrons. The van der Waals surface area contributed by atoms with Crippen LogP contribution in [0.15, 0.2) is 36.0 Å². The van der Waals surface area contributed by atoms with E-state index in [0.29, 0.717) is 6.42 Å². The molecule has 0 aliphatic heterocycles. The van der Waals surface area contributed by atoms with E-state index in [1.54, 1.807) is 19.9 Å². The molecule has 0 aromatic heterocycles. The van der Waals surface area contributed by atoms with Crippen LogP contribution in [-0.4, -0.2) is 33.1 Å². The highest BCUT2D eigenvalue weighted by Gasteiger charge is 2.44. The minimum atomic E-state index is -0.814. The molecule has 1 saturated carbocycles. The fraction of sp³-hybridized carbons (Fsp3) is 0.700. The Bertz CT molecular complexity index is 498. The maximum atomic E-state index is 11.0. The second kappa shape index (κ2) is 6.92. The molecule has 0 spiro atoms. The first-order valence-corrected chi connectivity index (χ1v) is 8.73. The van der Waals surface area contributed by atoms with Crippen molar-refractivity contribution in [3.05, 3.63) is 36.0 Å². The average Bonchev–Trinajstić information content (AvgIpc) is 2.78. The average molecular weight is 320 g/mol. The molecular weight excluding hydrogens is 288 g/mol. The monoisotopic (exact) mass is 320 g/mol. The molecule has 3 N–H and O–H groups in total. The zero-order chi connectivity index (χ0) is 17.4. The van der Waals surface area contributed by atoms with E-state index in [2.05, 4.69) is 26.5 Å². The SMILES string of the molecule is C=C1C(O)CC(C(C)CC=CC(C)(C)O)C(O)C2C(C)=CCC12. The first-order chi connectivity index (χ1) is 10.6. The van der Waals surface area contributed by atoms with Gasteiger partial charge in [0.2, 0.25) is 0 Å². The van der Waals surface area contributed by atoms with Crippen LogP contribution in [-0.2, 0) is 0 Å². The second-order valence-electron chi connectivity index (χ2n) is 8.07. The molecule has 2 aliphatic carbocycles. The lowest BCUT2D eigenvalue weighted by Gasteiger charge is -2.32. The van der Waals surface area contributed by atoms with Crippen LogP contribution in [0.2, 0.25) is 0 Å². The fourth-order valence-corrected chi connectivity index (χ4v) is 4.18. The van der Waals surface area contributed by atoms with Gasteiger partial charge in [0.25, 0.3) is 0 Å². The van der Waals surface area contributed by atoms with Gasteiger partial charge in [-0.05, 0) is 63.4 Å². The van der Waals surface area contributed by atoms with Crippen LogP contribution in [0.1, 0.15) is 47.0 Å². The van der Waals surface area contributed by atoms with Crippen molar-refractivity contribution < 1.29 is 15.3 Å². The molecule has 3 nitrogen and oxygen atoms in total. The van der Waals surface area contributed by atoms with Crippen LogP contribution in [0, 0.1) is 23.7 Å². The smallest absolute Gasteiger partial charge is 0.0771 e. The number of aliphatic hydroxyl groups is 3. The summed E-state index contributed by atoms with van der Waals surface area (Å²) >= 11 is 0. The minimum Gasteiger partial charge on any atom is -0.392 e. The van der Waals surface area contributed by atoms with Gasteiger partial charge in [-0.25, -0.2) is 0 Å². The van der Waals surface area contributed by atoms with E-state index in [9.17, 15) is 15.3 Å². The summed E-state index contributed by atoms with van der Waals surface area (Å²) in [6.07, 6.45) is 7.20. The van der Waals surface area contributed by atoms with Crippen LogP contribution in [0.5, 0.6) is 0 Å². The molecule has 0 saturated heterocycles. The van der Waals surface area contributed by atoms with Crippen molar-refractivity contribution in [2.45, 2.75) is 64.8 Å². The zero-order valence-corrected chi connectivity index (χ0v) is 14.9. The van der Waals surface area contributed by atoms with Crippen molar-refractivity contribution in [2.24, 2.45) is 23.7 Å². The molecular formula is C20H32O3. The highest BCUT2D eigenvalue weighted by molar-refractivity contribution is 5.26. The Morgan fingerprint density at radius 2 is 2.04 bits per heavy atom. The largest absolute Gasteiger partial charge is 0.392 e. The molecule has 130 valence electrons. The number of aliphatic hydroxyl groups excluding tert-OH is 2. The number of fused-ring (bicyclic) bond motifs is 1. The van der Waals surface area contributed by atoms with Gasteiger partial charge in [0.15, 0.2) is 0 Å². The summed E-state index contributed by atoms with van der Waals surface area (Å²) in [5.41, 5.74) is 1.29. The molecule has 3 heteroatoms. The standard InChI is InChI=1S/C20H32O3/c1-12(7-6-10-20(4,5)23)16-11-17(21)14(3)15-9-8-13(2)18(15)19(16)22/h6,8,10,12,15-19,21-23H,3,7,9,11H2,1-2,4-5H3. The van der Waals surface area contributed by atoms with Crippen LogP contribution in [0.3, 0.4) is 0 Å². The van der Waals surface area contributed by atoms with Crippen molar-refractivity contribution in [1.82, 2.24) is 0 Å². The Kier molecular flexibility index (Phi) is 5.55. The third-order valence-electron chi connectivity index (χ3n) is 5.62.